The molecule has 2 N–H and O–H groups in total. The quantitative estimate of drug-likeness (QED) is 0.779. The lowest BCUT2D eigenvalue weighted by atomic mass is 10.3. The second-order valence-corrected chi connectivity index (χ2v) is 5.47. The number of nitrogens with one attached hydrogen (secondary N) is 2. The minimum Gasteiger partial charge on any atom is -0.351 e. The van der Waals surface area contributed by atoms with Crippen molar-refractivity contribution in [3.8, 4) is 0 Å². The van der Waals surface area contributed by atoms with Crippen LogP contribution in [0.4, 0.5) is 11.6 Å². The average molecular weight is 339 g/mol. The predicted octanol–water partition coefficient (Wildman–Crippen LogP) is 4.06. The van der Waals surface area contributed by atoms with Gasteiger partial charge in [0.1, 0.15) is 5.69 Å². The molecule has 0 atom stereocenters. The number of aromatic nitrogens is 2. The normalized spacial score (nSPS) is 10.3. The van der Waals surface area contributed by atoms with Crippen LogP contribution in [0.5, 0.6) is 0 Å². The summed E-state index contributed by atoms with van der Waals surface area (Å²) >= 11 is 11.9. The Hall–Kier alpha value is -1.85. The van der Waals surface area contributed by atoms with Gasteiger partial charge in [0.2, 0.25) is 5.95 Å². The Labute approximate surface area is 139 Å². The molecule has 1 amide bonds. The highest BCUT2D eigenvalue weighted by atomic mass is 35.5. The van der Waals surface area contributed by atoms with Gasteiger partial charge in [0.05, 0.1) is 10.7 Å². The summed E-state index contributed by atoms with van der Waals surface area (Å²) in [5.41, 5.74) is 0.924. The summed E-state index contributed by atoms with van der Waals surface area (Å²) in [7, 11) is 0. The number of amides is 1. The van der Waals surface area contributed by atoms with E-state index in [1.165, 1.54) is 6.20 Å². The molecule has 0 radical (unpaired) electrons. The lowest BCUT2D eigenvalue weighted by molar-refractivity contribution is 0.0948. The first-order chi connectivity index (χ1) is 10.6. The smallest absolute Gasteiger partial charge is 0.270 e. The van der Waals surface area contributed by atoms with Gasteiger partial charge in [0.25, 0.3) is 5.91 Å². The van der Waals surface area contributed by atoms with Crippen molar-refractivity contribution in [3.63, 3.8) is 0 Å². The molecule has 0 aliphatic rings. The van der Waals surface area contributed by atoms with Crippen LogP contribution in [0.25, 0.3) is 0 Å². The summed E-state index contributed by atoms with van der Waals surface area (Å²) in [6.07, 6.45) is 3.47. The van der Waals surface area contributed by atoms with E-state index in [9.17, 15) is 4.79 Å². The summed E-state index contributed by atoms with van der Waals surface area (Å²) in [5.74, 6) is 0.0773. The van der Waals surface area contributed by atoms with Gasteiger partial charge in [-0.15, -0.1) is 0 Å². The number of halogens is 2. The van der Waals surface area contributed by atoms with Crippen molar-refractivity contribution < 1.29 is 4.79 Å². The Bertz CT molecular complexity index is 664. The van der Waals surface area contributed by atoms with E-state index in [0.29, 0.717) is 33.9 Å². The Balaban J connectivity index is 2.09. The molecule has 2 aromatic rings. The van der Waals surface area contributed by atoms with E-state index < -0.39 is 0 Å². The maximum absolute atomic E-state index is 12.0. The van der Waals surface area contributed by atoms with Crippen molar-refractivity contribution in [1.29, 1.82) is 0 Å². The van der Waals surface area contributed by atoms with Crippen molar-refractivity contribution in [2.75, 3.05) is 11.9 Å². The molecular formula is C15H16Cl2N4O. The molecule has 0 aliphatic carbocycles. The first kappa shape index (κ1) is 16.5. The fraction of sp³-hybridized carbons (Fsp3) is 0.267. The van der Waals surface area contributed by atoms with Crippen LogP contribution >= 0.6 is 23.2 Å². The predicted molar refractivity (Wildman–Crippen MR) is 89.0 cm³/mol. The van der Waals surface area contributed by atoms with Crippen molar-refractivity contribution >= 4 is 40.7 Å². The zero-order valence-electron chi connectivity index (χ0n) is 12.1. The van der Waals surface area contributed by atoms with E-state index in [4.69, 9.17) is 23.2 Å². The van der Waals surface area contributed by atoms with Crippen LogP contribution in [0, 0.1) is 0 Å². The molecule has 0 aliphatic heterocycles. The number of benzene rings is 1. The Morgan fingerprint density at radius 3 is 2.82 bits per heavy atom. The third kappa shape index (κ3) is 4.58. The number of hydrogen-bond acceptors (Lipinski definition) is 4. The Kier molecular flexibility index (Phi) is 5.98. The molecule has 0 saturated carbocycles. The number of unbranched alkanes of at least 4 members (excludes halogenated alkanes) is 1. The van der Waals surface area contributed by atoms with E-state index in [2.05, 4.69) is 27.5 Å². The van der Waals surface area contributed by atoms with E-state index in [1.807, 2.05) is 0 Å². The number of hydrogen-bond donors (Lipinski definition) is 2. The number of carbonyl (C=O) groups excluding carboxylic acids is 1. The number of carbonyl (C=O) groups is 1. The largest absolute Gasteiger partial charge is 0.351 e. The summed E-state index contributed by atoms with van der Waals surface area (Å²) in [4.78, 5) is 20.2. The lowest BCUT2D eigenvalue weighted by Gasteiger charge is -2.08. The van der Waals surface area contributed by atoms with E-state index in [1.54, 1.807) is 24.3 Å². The molecule has 0 fully saturated rings. The van der Waals surface area contributed by atoms with Crippen molar-refractivity contribution in [2.24, 2.45) is 0 Å². The molecule has 116 valence electrons. The third-order valence-corrected chi connectivity index (χ3v) is 3.43. The molecule has 0 saturated heterocycles. The first-order valence-electron chi connectivity index (χ1n) is 6.93. The Morgan fingerprint density at radius 2 is 2.09 bits per heavy atom. The molecule has 0 unspecified atom stereocenters. The highest BCUT2D eigenvalue weighted by Crippen LogP contribution is 2.27. The van der Waals surface area contributed by atoms with Gasteiger partial charge in [0.15, 0.2) is 0 Å². The highest BCUT2D eigenvalue weighted by molar-refractivity contribution is 6.36. The molecule has 0 spiro atoms. The second-order valence-electron chi connectivity index (χ2n) is 4.62. The van der Waals surface area contributed by atoms with Crippen LogP contribution in [0.15, 0.2) is 30.5 Å². The second kappa shape index (κ2) is 7.96. The molecule has 1 aromatic heterocycles. The van der Waals surface area contributed by atoms with Gasteiger partial charge in [-0.3, -0.25) is 4.79 Å². The van der Waals surface area contributed by atoms with Gasteiger partial charge in [-0.2, -0.15) is 0 Å². The third-order valence-electron chi connectivity index (χ3n) is 2.88. The highest BCUT2D eigenvalue weighted by Gasteiger charge is 2.09. The molecule has 5 nitrogen and oxygen atoms in total. The molecular weight excluding hydrogens is 323 g/mol. The van der Waals surface area contributed by atoms with Crippen molar-refractivity contribution in [1.82, 2.24) is 15.3 Å². The Morgan fingerprint density at radius 1 is 1.27 bits per heavy atom. The fourth-order valence-electron chi connectivity index (χ4n) is 1.73. The van der Waals surface area contributed by atoms with Crippen LogP contribution in [0.3, 0.4) is 0 Å². The van der Waals surface area contributed by atoms with Gasteiger partial charge < -0.3 is 10.6 Å². The van der Waals surface area contributed by atoms with Crippen molar-refractivity contribution in [2.45, 2.75) is 19.8 Å². The maximum Gasteiger partial charge on any atom is 0.270 e. The van der Waals surface area contributed by atoms with E-state index in [0.717, 1.165) is 12.8 Å². The maximum atomic E-state index is 12.0. The molecule has 1 heterocycles. The van der Waals surface area contributed by atoms with Crippen LogP contribution < -0.4 is 10.6 Å². The van der Waals surface area contributed by atoms with Crippen molar-refractivity contribution in [3.05, 3.63) is 46.2 Å². The van der Waals surface area contributed by atoms with Crippen LogP contribution in [0.1, 0.15) is 30.3 Å². The van der Waals surface area contributed by atoms with Gasteiger partial charge in [-0.1, -0.05) is 36.5 Å². The summed E-state index contributed by atoms with van der Waals surface area (Å²) in [6, 6.07) is 6.61. The molecule has 0 bridgehead atoms. The van der Waals surface area contributed by atoms with E-state index in [-0.39, 0.29) is 5.91 Å². The number of nitrogens with zero attached hydrogens (tertiary/aromatic N) is 2. The van der Waals surface area contributed by atoms with Crippen LogP contribution in [-0.2, 0) is 0 Å². The summed E-state index contributed by atoms with van der Waals surface area (Å²) < 4.78 is 0. The van der Waals surface area contributed by atoms with Gasteiger partial charge >= 0.3 is 0 Å². The van der Waals surface area contributed by atoms with Gasteiger partial charge in [-0.25, -0.2) is 9.97 Å². The first-order valence-corrected chi connectivity index (χ1v) is 7.69. The van der Waals surface area contributed by atoms with E-state index >= 15 is 0 Å². The monoisotopic (exact) mass is 338 g/mol. The number of rotatable bonds is 6. The zero-order chi connectivity index (χ0) is 15.9. The molecule has 22 heavy (non-hydrogen) atoms. The molecule has 7 heteroatoms. The summed E-state index contributed by atoms with van der Waals surface area (Å²) in [5, 5.41) is 6.77. The number of anilines is 2. The van der Waals surface area contributed by atoms with Crippen LogP contribution in [-0.4, -0.2) is 22.4 Å². The topological polar surface area (TPSA) is 66.9 Å². The SMILES string of the molecule is CCCCNC(=O)c1ccnc(Nc2ccc(Cl)cc2Cl)n1. The molecule has 1 aromatic carbocycles. The minimum absolute atomic E-state index is 0.221. The van der Waals surface area contributed by atoms with Gasteiger partial charge in [0, 0.05) is 17.8 Å². The standard InChI is InChI=1S/C15H16Cl2N4O/c1-2-3-7-18-14(22)13-6-8-19-15(21-13)20-12-5-4-10(16)9-11(12)17/h4-6,8-9H,2-3,7H2,1H3,(H,18,22)(H,19,20,21). The zero-order valence-corrected chi connectivity index (χ0v) is 13.6. The summed E-state index contributed by atoms with van der Waals surface area (Å²) in [6.45, 7) is 2.69. The molecule has 2 rings (SSSR count). The van der Waals surface area contributed by atoms with Crippen LogP contribution in [0.2, 0.25) is 10.0 Å². The fourth-order valence-corrected chi connectivity index (χ4v) is 2.18. The minimum atomic E-state index is -0.221. The van der Waals surface area contributed by atoms with Gasteiger partial charge in [-0.05, 0) is 30.7 Å². The average Bonchev–Trinajstić information content (AvgIpc) is 2.50. The lowest BCUT2D eigenvalue weighted by Crippen LogP contribution is -2.25.